The van der Waals surface area contributed by atoms with Crippen molar-refractivity contribution in [3.8, 4) is 0 Å². The summed E-state index contributed by atoms with van der Waals surface area (Å²) in [6.45, 7) is 7.29. The summed E-state index contributed by atoms with van der Waals surface area (Å²) >= 11 is 0. The summed E-state index contributed by atoms with van der Waals surface area (Å²) in [6, 6.07) is 23.7. The predicted octanol–water partition coefficient (Wildman–Crippen LogP) is 4.78. The first-order chi connectivity index (χ1) is 18.2. The SMILES string of the molecule is CCc1ccc(N(CC(=O)N(Cc2ccccc2)C(C)C(=O)NC(C)CC)S(=O)(=O)c2ccccc2)cc1. The van der Waals surface area contributed by atoms with Crippen molar-refractivity contribution in [3.63, 3.8) is 0 Å². The Labute approximate surface area is 226 Å². The summed E-state index contributed by atoms with van der Waals surface area (Å²) in [6.07, 6.45) is 1.56. The van der Waals surface area contributed by atoms with Gasteiger partial charge in [0.05, 0.1) is 10.6 Å². The van der Waals surface area contributed by atoms with Crippen LogP contribution in [-0.4, -0.2) is 43.8 Å². The Kier molecular flexibility index (Phi) is 10.1. The first-order valence-corrected chi connectivity index (χ1v) is 14.4. The van der Waals surface area contributed by atoms with E-state index < -0.39 is 28.5 Å². The van der Waals surface area contributed by atoms with Crippen molar-refractivity contribution in [1.82, 2.24) is 10.2 Å². The highest BCUT2D eigenvalue weighted by Gasteiger charge is 2.32. The molecule has 0 aromatic heterocycles. The molecule has 0 fully saturated rings. The highest BCUT2D eigenvalue weighted by molar-refractivity contribution is 7.92. The van der Waals surface area contributed by atoms with Crippen molar-refractivity contribution in [2.24, 2.45) is 0 Å². The van der Waals surface area contributed by atoms with Crippen LogP contribution in [0.1, 0.15) is 45.2 Å². The molecule has 3 aromatic carbocycles. The van der Waals surface area contributed by atoms with Crippen molar-refractivity contribution in [2.45, 2.75) is 64.1 Å². The number of benzene rings is 3. The molecule has 38 heavy (non-hydrogen) atoms. The molecule has 2 amide bonds. The van der Waals surface area contributed by atoms with Gasteiger partial charge in [-0.05, 0) is 62.1 Å². The Morgan fingerprint density at radius 2 is 1.39 bits per heavy atom. The number of nitrogens with zero attached hydrogens (tertiary/aromatic N) is 2. The van der Waals surface area contributed by atoms with Crippen molar-refractivity contribution in [3.05, 3.63) is 96.1 Å². The van der Waals surface area contributed by atoms with Gasteiger partial charge in [-0.15, -0.1) is 0 Å². The maximum atomic E-state index is 13.9. The molecule has 1 N–H and O–H groups in total. The van der Waals surface area contributed by atoms with Crippen molar-refractivity contribution in [1.29, 1.82) is 0 Å². The number of sulfonamides is 1. The van der Waals surface area contributed by atoms with E-state index in [1.165, 1.54) is 17.0 Å². The first kappa shape index (κ1) is 28.9. The molecule has 0 aliphatic carbocycles. The lowest BCUT2D eigenvalue weighted by Gasteiger charge is -2.32. The Balaban J connectivity index is 2.00. The molecule has 2 atom stereocenters. The molecule has 0 spiro atoms. The molecule has 2 unspecified atom stereocenters. The van der Waals surface area contributed by atoms with Crippen LogP contribution in [-0.2, 0) is 32.6 Å². The lowest BCUT2D eigenvalue weighted by molar-refractivity contribution is -0.139. The summed E-state index contributed by atoms with van der Waals surface area (Å²) in [5, 5.41) is 2.94. The quantitative estimate of drug-likeness (QED) is 0.362. The van der Waals surface area contributed by atoms with Gasteiger partial charge >= 0.3 is 0 Å². The van der Waals surface area contributed by atoms with Crippen LogP contribution in [0.4, 0.5) is 5.69 Å². The Bertz CT molecular complexity index is 1300. The Morgan fingerprint density at radius 3 is 1.95 bits per heavy atom. The largest absolute Gasteiger partial charge is 0.352 e. The van der Waals surface area contributed by atoms with Gasteiger partial charge in [0.2, 0.25) is 11.8 Å². The summed E-state index contributed by atoms with van der Waals surface area (Å²) in [5.41, 5.74) is 2.28. The Hall–Kier alpha value is -3.65. The van der Waals surface area contributed by atoms with E-state index in [0.29, 0.717) is 5.69 Å². The molecule has 0 aliphatic rings. The van der Waals surface area contributed by atoms with E-state index in [1.807, 2.05) is 63.2 Å². The van der Waals surface area contributed by atoms with Crippen LogP contribution in [0, 0.1) is 0 Å². The standard InChI is InChI=1S/C30H37N3O4S/c1-5-23(3)31-30(35)24(4)32(21-26-13-9-7-10-14-26)29(34)22-33(27-19-17-25(6-2)18-20-27)38(36,37)28-15-11-8-12-16-28/h7-20,23-24H,5-6,21-22H2,1-4H3,(H,31,35). The van der Waals surface area contributed by atoms with E-state index in [4.69, 9.17) is 0 Å². The van der Waals surface area contributed by atoms with E-state index in [9.17, 15) is 18.0 Å². The molecule has 3 rings (SSSR count). The van der Waals surface area contributed by atoms with Gasteiger partial charge in [-0.25, -0.2) is 8.42 Å². The molecule has 0 heterocycles. The zero-order chi connectivity index (χ0) is 27.7. The smallest absolute Gasteiger partial charge is 0.264 e. The zero-order valence-electron chi connectivity index (χ0n) is 22.5. The van der Waals surface area contributed by atoms with Crippen LogP contribution in [0.25, 0.3) is 0 Å². The second-order valence-corrected chi connectivity index (χ2v) is 11.2. The van der Waals surface area contributed by atoms with Crippen LogP contribution < -0.4 is 9.62 Å². The van der Waals surface area contributed by atoms with Crippen LogP contribution in [0.5, 0.6) is 0 Å². The Morgan fingerprint density at radius 1 is 0.816 bits per heavy atom. The third kappa shape index (κ3) is 7.22. The lowest BCUT2D eigenvalue weighted by atomic mass is 10.1. The molecule has 0 radical (unpaired) electrons. The normalized spacial score (nSPS) is 12.8. The van der Waals surface area contributed by atoms with Crippen molar-refractivity contribution < 1.29 is 18.0 Å². The number of carbonyl (C=O) groups excluding carboxylic acids is 2. The minimum absolute atomic E-state index is 0.0503. The summed E-state index contributed by atoms with van der Waals surface area (Å²) in [4.78, 5) is 28.5. The van der Waals surface area contributed by atoms with Gasteiger partial charge in [0.15, 0.2) is 0 Å². The van der Waals surface area contributed by atoms with E-state index in [-0.39, 0.29) is 23.4 Å². The number of carbonyl (C=O) groups is 2. The maximum Gasteiger partial charge on any atom is 0.264 e. The van der Waals surface area contributed by atoms with Crippen LogP contribution in [0.3, 0.4) is 0 Å². The number of rotatable bonds is 12. The third-order valence-corrected chi connectivity index (χ3v) is 8.39. The number of anilines is 1. The van der Waals surface area contributed by atoms with Gasteiger partial charge in [-0.3, -0.25) is 13.9 Å². The van der Waals surface area contributed by atoms with Gasteiger partial charge in [0.25, 0.3) is 10.0 Å². The molecule has 0 bridgehead atoms. The average molecular weight is 536 g/mol. The van der Waals surface area contributed by atoms with Crippen molar-refractivity contribution >= 4 is 27.5 Å². The van der Waals surface area contributed by atoms with E-state index in [2.05, 4.69) is 5.32 Å². The second-order valence-electron chi connectivity index (χ2n) is 9.35. The van der Waals surface area contributed by atoms with E-state index in [1.54, 1.807) is 37.3 Å². The number of aryl methyl sites for hydroxylation is 1. The van der Waals surface area contributed by atoms with Gasteiger partial charge < -0.3 is 10.2 Å². The van der Waals surface area contributed by atoms with Gasteiger partial charge in [-0.2, -0.15) is 0 Å². The minimum atomic E-state index is -4.06. The fourth-order valence-electron chi connectivity index (χ4n) is 3.97. The summed E-state index contributed by atoms with van der Waals surface area (Å²) in [5.74, 6) is -0.756. The molecule has 0 saturated heterocycles. The lowest BCUT2D eigenvalue weighted by Crippen LogP contribution is -2.52. The summed E-state index contributed by atoms with van der Waals surface area (Å²) in [7, 11) is -4.06. The topological polar surface area (TPSA) is 86.8 Å². The molecular formula is C30H37N3O4S. The molecular weight excluding hydrogens is 498 g/mol. The van der Waals surface area contributed by atoms with Gasteiger partial charge in [0.1, 0.15) is 12.6 Å². The molecule has 202 valence electrons. The zero-order valence-corrected chi connectivity index (χ0v) is 23.3. The number of amides is 2. The second kappa shape index (κ2) is 13.2. The molecule has 0 saturated carbocycles. The van der Waals surface area contributed by atoms with Gasteiger partial charge in [-0.1, -0.05) is 74.5 Å². The summed E-state index contributed by atoms with van der Waals surface area (Å²) < 4.78 is 28.7. The average Bonchev–Trinajstić information content (AvgIpc) is 2.95. The highest BCUT2D eigenvalue weighted by Crippen LogP contribution is 2.25. The van der Waals surface area contributed by atoms with E-state index >= 15 is 0 Å². The predicted molar refractivity (Wildman–Crippen MR) is 151 cm³/mol. The fraction of sp³-hybridized carbons (Fsp3) is 0.333. The molecule has 3 aromatic rings. The number of hydrogen-bond acceptors (Lipinski definition) is 4. The highest BCUT2D eigenvalue weighted by atomic mass is 32.2. The maximum absolute atomic E-state index is 13.9. The van der Waals surface area contributed by atoms with Gasteiger partial charge in [0, 0.05) is 12.6 Å². The van der Waals surface area contributed by atoms with Crippen LogP contribution in [0.2, 0.25) is 0 Å². The monoisotopic (exact) mass is 535 g/mol. The van der Waals surface area contributed by atoms with Crippen molar-refractivity contribution in [2.75, 3.05) is 10.8 Å². The molecule has 8 heteroatoms. The van der Waals surface area contributed by atoms with Crippen LogP contribution in [0.15, 0.2) is 89.8 Å². The first-order valence-electron chi connectivity index (χ1n) is 13.0. The molecule has 0 aliphatic heterocycles. The third-order valence-electron chi connectivity index (χ3n) is 6.61. The molecule has 7 nitrogen and oxygen atoms in total. The van der Waals surface area contributed by atoms with Crippen LogP contribution >= 0.6 is 0 Å². The number of hydrogen-bond donors (Lipinski definition) is 1. The fourth-order valence-corrected chi connectivity index (χ4v) is 5.41. The number of nitrogens with one attached hydrogen (secondary N) is 1. The minimum Gasteiger partial charge on any atom is -0.352 e. The van der Waals surface area contributed by atoms with E-state index in [0.717, 1.165) is 28.3 Å².